The van der Waals surface area contributed by atoms with E-state index in [2.05, 4.69) is 0 Å². The van der Waals surface area contributed by atoms with Crippen molar-refractivity contribution in [1.29, 1.82) is 0 Å². The molecule has 0 atom stereocenters. The summed E-state index contributed by atoms with van der Waals surface area (Å²) >= 11 is 6.37. The van der Waals surface area contributed by atoms with Gasteiger partial charge in [0.2, 0.25) is 0 Å². The van der Waals surface area contributed by atoms with Crippen LogP contribution in [0.1, 0.15) is 15.9 Å². The van der Waals surface area contributed by atoms with Crippen molar-refractivity contribution in [2.45, 2.75) is 0 Å². The van der Waals surface area contributed by atoms with Crippen LogP contribution >= 0.6 is 24.0 Å². The first-order valence-corrected chi connectivity index (χ1v) is 8.03. The van der Waals surface area contributed by atoms with Crippen LogP contribution in [0.5, 0.6) is 5.75 Å². The van der Waals surface area contributed by atoms with Crippen molar-refractivity contribution in [3.63, 3.8) is 0 Å². The van der Waals surface area contributed by atoms with Crippen molar-refractivity contribution in [2.75, 3.05) is 4.90 Å². The molecule has 122 valence electrons. The van der Waals surface area contributed by atoms with Crippen LogP contribution in [0.3, 0.4) is 0 Å². The number of benzene rings is 1. The number of anilines is 1. The van der Waals surface area contributed by atoms with Crippen LogP contribution in [-0.2, 0) is 11.8 Å². The zero-order chi connectivity index (χ0) is 17.4. The Bertz CT molecular complexity index is 901. The minimum absolute atomic E-state index is 0.268. The topological polar surface area (TPSA) is 85.6 Å². The van der Waals surface area contributed by atoms with E-state index in [0.717, 1.165) is 23.4 Å². The molecule has 0 unspecified atom stereocenters. The second kappa shape index (κ2) is 6.14. The lowest BCUT2D eigenvalue weighted by molar-refractivity contribution is -0.268. The predicted molar refractivity (Wildman–Crippen MR) is 93.9 cm³/mol. The predicted octanol–water partition coefficient (Wildman–Crippen LogP) is 2.20. The number of aromatic nitrogens is 1. The van der Waals surface area contributed by atoms with E-state index >= 15 is 0 Å². The van der Waals surface area contributed by atoms with Crippen LogP contribution in [0.15, 0.2) is 41.6 Å². The number of hydrogen-bond acceptors (Lipinski definition) is 5. The van der Waals surface area contributed by atoms with Crippen LogP contribution in [-0.4, -0.2) is 25.9 Å². The summed E-state index contributed by atoms with van der Waals surface area (Å²) in [7, 11) is 1.88. The number of carbonyl (C=O) groups is 2. The van der Waals surface area contributed by atoms with E-state index in [0.29, 0.717) is 9.23 Å². The molecule has 8 heteroatoms. The first-order chi connectivity index (χ1) is 11.4. The Balaban J connectivity index is 1.94. The Morgan fingerprint density at radius 3 is 2.71 bits per heavy atom. The fourth-order valence-electron chi connectivity index (χ4n) is 2.28. The molecule has 24 heavy (non-hydrogen) atoms. The molecule has 3 rings (SSSR count). The Kier molecular flexibility index (Phi) is 4.16. The number of carboxylic acids is 1. The van der Waals surface area contributed by atoms with Crippen LogP contribution in [0, 0.1) is 0 Å². The lowest BCUT2D eigenvalue weighted by atomic mass is 10.1. The van der Waals surface area contributed by atoms with E-state index in [1.807, 2.05) is 30.1 Å². The third-order valence-electron chi connectivity index (χ3n) is 3.40. The number of hydrogen-bond donors (Lipinski definition) is 1. The lowest BCUT2D eigenvalue weighted by Crippen LogP contribution is -2.27. The van der Waals surface area contributed by atoms with Crippen molar-refractivity contribution < 1.29 is 19.8 Å². The SMILES string of the molecule is Cn1ccc(/C=C2/SC(=S)N(c3ccc(C(=O)O)c([O-])c3)C2=O)c1. The quantitative estimate of drug-likeness (QED) is 0.668. The van der Waals surface area contributed by atoms with E-state index in [1.165, 1.54) is 17.0 Å². The summed E-state index contributed by atoms with van der Waals surface area (Å²) in [4.78, 5) is 25.2. The molecule has 2 heterocycles. The molecule has 0 radical (unpaired) electrons. The molecule has 0 saturated carbocycles. The van der Waals surface area contributed by atoms with Crippen molar-refractivity contribution in [2.24, 2.45) is 7.05 Å². The highest BCUT2D eigenvalue weighted by molar-refractivity contribution is 8.27. The third-order valence-corrected chi connectivity index (χ3v) is 4.70. The van der Waals surface area contributed by atoms with Crippen molar-refractivity contribution in [3.05, 3.63) is 52.7 Å². The van der Waals surface area contributed by atoms with Gasteiger partial charge in [-0.1, -0.05) is 29.7 Å². The average molecular weight is 359 g/mol. The Morgan fingerprint density at radius 2 is 2.12 bits per heavy atom. The van der Waals surface area contributed by atoms with Gasteiger partial charge in [0.25, 0.3) is 5.91 Å². The van der Waals surface area contributed by atoms with Gasteiger partial charge < -0.3 is 14.8 Å². The molecule has 1 aromatic heterocycles. The van der Waals surface area contributed by atoms with Crippen LogP contribution in [0.4, 0.5) is 5.69 Å². The molecule has 2 aromatic rings. The van der Waals surface area contributed by atoms with Gasteiger partial charge in [0.1, 0.15) is 0 Å². The number of amides is 1. The minimum Gasteiger partial charge on any atom is -0.872 e. The first kappa shape index (κ1) is 16.3. The number of aryl methyl sites for hydroxylation is 1. The van der Waals surface area contributed by atoms with E-state index in [4.69, 9.17) is 17.3 Å². The summed E-state index contributed by atoms with van der Waals surface area (Å²) in [5.41, 5.74) is 0.789. The number of thioether (sulfide) groups is 1. The molecule has 0 spiro atoms. The van der Waals surface area contributed by atoms with Gasteiger partial charge in [-0.05, 0) is 35.9 Å². The highest BCUT2D eigenvalue weighted by atomic mass is 32.2. The lowest BCUT2D eigenvalue weighted by Gasteiger charge is -2.18. The van der Waals surface area contributed by atoms with E-state index < -0.39 is 11.7 Å². The second-order valence-corrected chi connectivity index (χ2v) is 6.79. The molecule has 1 N–H and O–H groups in total. The maximum atomic E-state index is 12.6. The highest BCUT2D eigenvalue weighted by Gasteiger charge is 2.33. The van der Waals surface area contributed by atoms with E-state index in [-0.39, 0.29) is 17.2 Å². The number of carbonyl (C=O) groups excluding carboxylic acids is 1. The summed E-state index contributed by atoms with van der Waals surface area (Å²) in [6.07, 6.45) is 5.45. The fourth-order valence-corrected chi connectivity index (χ4v) is 3.58. The molecule has 0 bridgehead atoms. The van der Waals surface area contributed by atoms with Gasteiger partial charge in [-0.3, -0.25) is 9.69 Å². The zero-order valence-electron chi connectivity index (χ0n) is 12.4. The van der Waals surface area contributed by atoms with Gasteiger partial charge in [0, 0.05) is 19.4 Å². The van der Waals surface area contributed by atoms with E-state index in [9.17, 15) is 14.7 Å². The van der Waals surface area contributed by atoms with Gasteiger partial charge in [-0.15, -0.1) is 0 Å². The maximum absolute atomic E-state index is 12.6. The Labute approximate surface area is 147 Å². The molecule has 1 aliphatic rings. The van der Waals surface area contributed by atoms with Gasteiger partial charge in [-0.2, -0.15) is 0 Å². The number of thiocarbonyl (C=S) groups is 1. The van der Waals surface area contributed by atoms with Crippen molar-refractivity contribution in [3.8, 4) is 5.75 Å². The minimum atomic E-state index is -1.30. The summed E-state index contributed by atoms with van der Waals surface area (Å²) in [6, 6.07) is 5.56. The van der Waals surface area contributed by atoms with Gasteiger partial charge >= 0.3 is 5.97 Å². The molecule has 0 aliphatic carbocycles. The molecule has 1 aromatic carbocycles. The number of rotatable bonds is 3. The number of aromatic carboxylic acids is 1. The normalized spacial score (nSPS) is 16.2. The zero-order valence-corrected chi connectivity index (χ0v) is 14.1. The number of carboxylic acid groups (broad SMARTS) is 1. The van der Waals surface area contributed by atoms with Gasteiger partial charge in [0.05, 0.1) is 16.2 Å². The molecular weight excluding hydrogens is 348 g/mol. The highest BCUT2D eigenvalue weighted by Crippen LogP contribution is 2.37. The summed E-state index contributed by atoms with van der Waals surface area (Å²) in [6.45, 7) is 0. The fraction of sp³-hybridized carbons (Fsp3) is 0.0625. The number of nitrogens with zero attached hydrogens (tertiary/aromatic N) is 2. The molecule has 1 aliphatic heterocycles. The Morgan fingerprint density at radius 1 is 1.38 bits per heavy atom. The summed E-state index contributed by atoms with van der Waals surface area (Å²) < 4.78 is 2.16. The van der Waals surface area contributed by atoms with Crippen LogP contribution in [0.2, 0.25) is 0 Å². The monoisotopic (exact) mass is 359 g/mol. The molecular formula is C16H11N2O4S2-. The molecule has 1 amide bonds. The summed E-state index contributed by atoms with van der Waals surface area (Å²) in [5.74, 6) is -2.31. The van der Waals surface area contributed by atoms with Crippen molar-refractivity contribution >= 4 is 51.9 Å². The molecule has 6 nitrogen and oxygen atoms in total. The Hall–Kier alpha value is -2.58. The molecule has 1 fully saturated rings. The van der Waals surface area contributed by atoms with Crippen molar-refractivity contribution in [1.82, 2.24) is 4.57 Å². The smallest absolute Gasteiger partial charge is 0.335 e. The second-order valence-electron chi connectivity index (χ2n) is 5.11. The summed E-state index contributed by atoms with van der Waals surface area (Å²) in [5, 5.41) is 20.8. The average Bonchev–Trinajstić information content (AvgIpc) is 3.02. The maximum Gasteiger partial charge on any atom is 0.335 e. The van der Waals surface area contributed by atoms with E-state index in [1.54, 1.807) is 6.08 Å². The molecule has 1 saturated heterocycles. The van der Waals surface area contributed by atoms with Gasteiger partial charge in [-0.25, -0.2) is 4.79 Å². The third kappa shape index (κ3) is 2.93. The first-order valence-electron chi connectivity index (χ1n) is 6.81. The largest absolute Gasteiger partial charge is 0.872 e. The van der Waals surface area contributed by atoms with Crippen LogP contribution < -0.4 is 10.0 Å². The standard InChI is InChI=1S/C16H12N2O4S2/c1-17-5-4-9(8-17)6-13-14(20)18(16(23)24-13)10-2-3-11(15(21)22)12(19)7-10/h2-8,19H,1H3,(H,21,22)/p-1/b13-6+. The van der Waals surface area contributed by atoms with Crippen LogP contribution in [0.25, 0.3) is 6.08 Å². The van der Waals surface area contributed by atoms with Gasteiger partial charge in [0.15, 0.2) is 4.32 Å².